The number of nitriles is 1. The van der Waals surface area contributed by atoms with Crippen molar-refractivity contribution in [1.82, 2.24) is 0 Å². The van der Waals surface area contributed by atoms with Crippen LogP contribution in [0, 0.1) is 11.3 Å². The Labute approximate surface area is 125 Å². The molecule has 2 N–H and O–H groups in total. The zero-order valence-electron chi connectivity index (χ0n) is 8.92. The lowest BCUT2D eigenvalue weighted by molar-refractivity contribution is 1.11. The minimum absolute atomic E-state index is 0. The van der Waals surface area contributed by atoms with Crippen molar-refractivity contribution < 1.29 is 0 Å². The van der Waals surface area contributed by atoms with E-state index in [-0.39, 0.29) is 24.0 Å². The van der Waals surface area contributed by atoms with Gasteiger partial charge in [0, 0.05) is 21.2 Å². The lowest BCUT2D eigenvalue weighted by Crippen LogP contribution is -1.90. The van der Waals surface area contributed by atoms with Crippen LogP contribution in [0.25, 0.3) is 11.6 Å². The molecule has 0 spiro atoms. The molecule has 2 nitrogen and oxygen atoms in total. The van der Waals surface area contributed by atoms with Gasteiger partial charge >= 0.3 is 0 Å². The molecule has 2 aromatic rings. The van der Waals surface area contributed by atoms with Crippen molar-refractivity contribution >= 4 is 58.3 Å². The first-order valence-electron chi connectivity index (χ1n) is 4.78. The Kier molecular flexibility index (Phi) is 5.85. The normalized spacial score (nSPS) is 10.7. The van der Waals surface area contributed by atoms with Crippen molar-refractivity contribution in [3.8, 4) is 6.07 Å². The van der Waals surface area contributed by atoms with Crippen LogP contribution in [0.15, 0.2) is 29.6 Å². The third-order valence-electron chi connectivity index (χ3n) is 2.08. The van der Waals surface area contributed by atoms with Crippen molar-refractivity contribution in [3.63, 3.8) is 0 Å². The molecule has 2 rings (SSSR count). The fraction of sp³-hybridized carbons (Fsp3) is 0.0833. The first-order chi connectivity index (χ1) is 7.83. The van der Waals surface area contributed by atoms with E-state index in [1.54, 1.807) is 22.7 Å². The number of hydrogen-bond donors (Lipinski definition) is 1. The maximum absolute atomic E-state index is 9.09. The molecule has 88 valence electrons. The minimum Gasteiger partial charge on any atom is -0.326 e. The minimum atomic E-state index is 0. The molecule has 2 heterocycles. The van der Waals surface area contributed by atoms with Crippen molar-refractivity contribution in [2.45, 2.75) is 6.54 Å². The molecule has 0 saturated heterocycles. The quantitative estimate of drug-likeness (QED) is 0.653. The lowest BCUT2D eigenvalue weighted by Gasteiger charge is -1.91. The van der Waals surface area contributed by atoms with Gasteiger partial charge < -0.3 is 5.73 Å². The summed E-state index contributed by atoms with van der Waals surface area (Å²) in [6.07, 6.45) is 1.91. The summed E-state index contributed by atoms with van der Waals surface area (Å²) in [4.78, 5) is 3.21. The summed E-state index contributed by atoms with van der Waals surface area (Å²) in [6, 6.07) is 10.1. The molecule has 0 bridgehead atoms. The van der Waals surface area contributed by atoms with Gasteiger partial charge in [0.05, 0.1) is 5.57 Å². The average molecular weight is 374 g/mol. The van der Waals surface area contributed by atoms with Crippen molar-refractivity contribution in [3.05, 3.63) is 44.3 Å². The second-order valence-corrected chi connectivity index (χ2v) is 5.30. The molecule has 0 fully saturated rings. The highest BCUT2D eigenvalue weighted by atomic mass is 127. The highest BCUT2D eigenvalue weighted by molar-refractivity contribution is 14.0. The van der Waals surface area contributed by atoms with Gasteiger partial charge in [-0.05, 0) is 29.7 Å². The summed E-state index contributed by atoms with van der Waals surface area (Å²) in [5, 5.41) is 11.1. The Hall–Kier alpha value is -0.680. The van der Waals surface area contributed by atoms with Crippen LogP contribution in [0.5, 0.6) is 0 Å². The standard InChI is InChI=1S/C12H10N2S2.HI/c13-7-9(12-2-1-5-15-12)6-10-3-4-11(8-14)16-10;/h1-6H,8,14H2;1H. The molecule has 17 heavy (non-hydrogen) atoms. The third kappa shape index (κ3) is 3.64. The van der Waals surface area contributed by atoms with Crippen LogP contribution in [-0.2, 0) is 6.54 Å². The Morgan fingerprint density at radius 2 is 2.24 bits per heavy atom. The number of halogens is 1. The molecule has 0 atom stereocenters. The fourth-order valence-corrected chi connectivity index (χ4v) is 2.84. The lowest BCUT2D eigenvalue weighted by atomic mass is 10.2. The molecular weight excluding hydrogens is 363 g/mol. The Morgan fingerprint density at radius 1 is 1.41 bits per heavy atom. The van der Waals surface area contributed by atoms with E-state index in [1.165, 1.54) is 0 Å². The van der Waals surface area contributed by atoms with Gasteiger partial charge in [0.1, 0.15) is 6.07 Å². The topological polar surface area (TPSA) is 49.8 Å². The van der Waals surface area contributed by atoms with E-state index >= 15 is 0 Å². The first-order valence-corrected chi connectivity index (χ1v) is 6.47. The van der Waals surface area contributed by atoms with E-state index in [1.807, 2.05) is 35.7 Å². The number of allylic oxidation sites excluding steroid dienone is 1. The second kappa shape index (κ2) is 6.91. The monoisotopic (exact) mass is 374 g/mol. The van der Waals surface area contributed by atoms with Crippen LogP contribution in [0.4, 0.5) is 0 Å². The van der Waals surface area contributed by atoms with Crippen LogP contribution < -0.4 is 5.73 Å². The summed E-state index contributed by atoms with van der Waals surface area (Å²) >= 11 is 3.20. The van der Waals surface area contributed by atoms with Gasteiger partial charge in [0.2, 0.25) is 0 Å². The largest absolute Gasteiger partial charge is 0.326 e. The molecule has 0 aliphatic rings. The van der Waals surface area contributed by atoms with Crippen LogP contribution >= 0.6 is 46.7 Å². The average Bonchev–Trinajstić information content (AvgIpc) is 2.96. The third-order valence-corrected chi connectivity index (χ3v) is 4.04. The molecule has 5 heteroatoms. The zero-order chi connectivity index (χ0) is 11.4. The fourth-order valence-electron chi connectivity index (χ4n) is 1.31. The molecule has 0 saturated carbocycles. The van der Waals surface area contributed by atoms with Crippen LogP contribution in [0.1, 0.15) is 14.6 Å². The van der Waals surface area contributed by atoms with E-state index in [0.29, 0.717) is 12.1 Å². The SMILES string of the molecule is I.N#CC(=Cc1ccc(CN)s1)c1cccs1. The Bertz CT molecular complexity index is 535. The van der Waals surface area contributed by atoms with E-state index in [2.05, 4.69) is 6.07 Å². The van der Waals surface area contributed by atoms with Gasteiger partial charge in [0.15, 0.2) is 0 Å². The summed E-state index contributed by atoms with van der Waals surface area (Å²) < 4.78 is 0. The number of thiophene rings is 2. The molecular formula is C12H11IN2S2. The van der Waals surface area contributed by atoms with Crippen molar-refractivity contribution in [1.29, 1.82) is 5.26 Å². The van der Waals surface area contributed by atoms with Crippen LogP contribution in [0.3, 0.4) is 0 Å². The van der Waals surface area contributed by atoms with Gasteiger partial charge in [-0.15, -0.1) is 46.7 Å². The number of nitrogens with zero attached hydrogens (tertiary/aromatic N) is 1. The number of hydrogen-bond acceptors (Lipinski definition) is 4. The number of nitrogens with two attached hydrogens (primary N) is 1. The van der Waals surface area contributed by atoms with Crippen LogP contribution in [0.2, 0.25) is 0 Å². The van der Waals surface area contributed by atoms with E-state index < -0.39 is 0 Å². The Morgan fingerprint density at radius 3 is 2.76 bits per heavy atom. The molecule has 0 aliphatic heterocycles. The van der Waals surface area contributed by atoms with E-state index in [9.17, 15) is 0 Å². The van der Waals surface area contributed by atoms with Gasteiger partial charge in [-0.2, -0.15) is 5.26 Å². The maximum atomic E-state index is 9.09. The molecule has 0 amide bonds. The first kappa shape index (κ1) is 14.4. The van der Waals surface area contributed by atoms with Gasteiger partial charge in [-0.25, -0.2) is 0 Å². The smallest absolute Gasteiger partial charge is 0.101 e. The molecule has 0 radical (unpaired) electrons. The predicted molar refractivity (Wildman–Crippen MR) is 85.4 cm³/mol. The predicted octanol–water partition coefficient (Wildman–Crippen LogP) is 3.95. The van der Waals surface area contributed by atoms with Gasteiger partial charge in [-0.3, -0.25) is 0 Å². The summed E-state index contributed by atoms with van der Waals surface area (Å²) in [7, 11) is 0. The molecule has 0 aromatic carbocycles. The van der Waals surface area contributed by atoms with Crippen molar-refractivity contribution in [2.24, 2.45) is 5.73 Å². The molecule has 0 unspecified atom stereocenters. The molecule has 2 aromatic heterocycles. The summed E-state index contributed by atoms with van der Waals surface area (Å²) in [6.45, 7) is 0.555. The van der Waals surface area contributed by atoms with Crippen molar-refractivity contribution in [2.75, 3.05) is 0 Å². The highest BCUT2D eigenvalue weighted by Gasteiger charge is 2.03. The van der Waals surface area contributed by atoms with Gasteiger partial charge in [-0.1, -0.05) is 6.07 Å². The van der Waals surface area contributed by atoms with Crippen LogP contribution in [-0.4, -0.2) is 0 Å². The van der Waals surface area contributed by atoms with Gasteiger partial charge in [0.25, 0.3) is 0 Å². The molecule has 0 aliphatic carbocycles. The second-order valence-electron chi connectivity index (χ2n) is 3.16. The maximum Gasteiger partial charge on any atom is 0.101 e. The van der Waals surface area contributed by atoms with E-state index in [4.69, 9.17) is 11.0 Å². The zero-order valence-corrected chi connectivity index (χ0v) is 12.9. The highest BCUT2D eigenvalue weighted by Crippen LogP contribution is 2.25. The number of rotatable bonds is 3. The summed E-state index contributed by atoms with van der Waals surface area (Å²) in [5.41, 5.74) is 6.26. The Balaban J connectivity index is 0.00000144. The van der Waals surface area contributed by atoms with E-state index in [0.717, 1.165) is 14.6 Å². The summed E-state index contributed by atoms with van der Waals surface area (Å²) in [5.74, 6) is 0.